The van der Waals surface area contributed by atoms with E-state index in [0.29, 0.717) is 38.5 Å². The molecule has 2 rings (SSSR count). The number of hydrogen-bond donors (Lipinski definition) is 0. The van der Waals surface area contributed by atoms with E-state index < -0.39 is 0 Å². The van der Waals surface area contributed by atoms with Crippen molar-refractivity contribution in [2.24, 2.45) is 0 Å². The van der Waals surface area contributed by atoms with Crippen molar-refractivity contribution >= 4 is 17.8 Å². The summed E-state index contributed by atoms with van der Waals surface area (Å²) in [5, 5.41) is 0. The van der Waals surface area contributed by atoms with Crippen molar-refractivity contribution in [3.8, 4) is 0 Å². The molecule has 1 fully saturated rings. The average Bonchev–Trinajstić information content (AvgIpc) is 2.60. The van der Waals surface area contributed by atoms with E-state index in [9.17, 15) is 14.4 Å². The summed E-state index contributed by atoms with van der Waals surface area (Å²) in [5.74, 6) is -0.640. The number of carbonyl (C=O) groups excluding carboxylic acids is 3. The summed E-state index contributed by atoms with van der Waals surface area (Å²) in [6, 6.07) is 0. The van der Waals surface area contributed by atoms with Crippen LogP contribution < -0.4 is 0 Å². The van der Waals surface area contributed by atoms with E-state index in [1.165, 1.54) is 18.6 Å². The van der Waals surface area contributed by atoms with Crippen LogP contribution in [0, 0.1) is 0 Å². The molecule has 1 aromatic rings. The third kappa shape index (κ3) is 4.73. The van der Waals surface area contributed by atoms with Gasteiger partial charge >= 0.3 is 5.97 Å². The second kappa shape index (κ2) is 8.21. The molecule has 0 spiro atoms. The maximum absolute atomic E-state index is 12.2. The highest BCUT2D eigenvalue weighted by molar-refractivity contribution is 5.92. The first kappa shape index (κ1) is 16.9. The van der Waals surface area contributed by atoms with Gasteiger partial charge in [0, 0.05) is 45.0 Å². The molecule has 2 amide bonds. The van der Waals surface area contributed by atoms with Crippen LogP contribution in [0.25, 0.3) is 0 Å². The van der Waals surface area contributed by atoms with Crippen molar-refractivity contribution in [1.29, 1.82) is 0 Å². The predicted molar refractivity (Wildman–Crippen MR) is 80.4 cm³/mol. The molecule has 1 saturated heterocycles. The molecule has 0 aliphatic carbocycles. The third-order valence-electron chi connectivity index (χ3n) is 3.55. The van der Waals surface area contributed by atoms with Crippen molar-refractivity contribution in [3.05, 3.63) is 24.3 Å². The van der Waals surface area contributed by atoms with Gasteiger partial charge in [-0.3, -0.25) is 19.4 Å². The Morgan fingerprint density at radius 1 is 1.09 bits per heavy atom. The second-order valence-corrected chi connectivity index (χ2v) is 5.07. The van der Waals surface area contributed by atoms with Crippen LogP contribution in [0.4, 0.5) is 0 Å². The highest BCUT2D eigenvalue weighted by atomic mass is 16.5. The molecule has 8 heteroatoms. The van der Waals surface area contributed by atoms with Crippen molar-refractivity contribution in [2.45, 2.75) is 19.8 Å². The molecule has 0 unspecified atom stereocenters. The van der Waals surface area contributed by atoms with Crippen LogP contribution in [0.15, 0.2) is 18.6 Å². The van der Waals surface area contributed by atoms with Gasteiger partial charge in [0.1, 0.15) is 5.69 Å². The number of hydrogen-bond acceptors (Lipinski definition) is 6. The first-order valence-corrected chi connectivity index (χ1v) is 7.60. The molecule has 0 aromatic carbocycles. The highest BCUT2D eigenvalue weighted by Crippen LogP contribution is 2.08. The lowest BCUT2D eigenvalue weighted by Gasteiger charge is -2.34. The molecular formula is C15H20N4O4. The summed E-state index contributed by atoms with van der Waals surface area (Å²) >= 11 is 0. The minimum absolute atomic E-state index is 0.0887. The van der Waals surface area contributed by atoms with Crippen molar-refractivity contribution < 1.29 is 19.1 Å². The van der Waals surface area contributed by atoms with Gasteiger partial charge in [-0.15, -0.1) is 0 Å². The largest absolute Gasteiger partial charge is 0.466 e. The first-order valence-electron chi connectivity index (χ1n) is 7.60. The molecule has 1 aliphatic heterocycles. The number of piperazine rings is 1. The van der Waals surface area contributed by atoms with Gasteiger partial charge in [-0.05, 0) is 6.92 Å². The molecule has 1 aliphatic rings. The summed E-state index contributed by atoms with van der Waals surface area (Å²) < 4.78 is 4.80. The second-order valence-electron chi connectivity index (χ2n) is 5.07. The number of ether oxygens (including phenoxy) is 1. The van der Waals surface area contributed by atoms with Gasteiger partial charge in [-0.2, -0.15) is 0 Å². The molecule has 1 aromatic heterocycles. The Bertz CT molecular complexity index is 556. The van der Waals surface area contributed by atoms with E-state index in [-0.39, 0.29) is 30.6 Å². The maximum atomic E-state index is 12.2. The Kier molecular flexibility index (Phi) is 6.02. The van der Waals surface area contributed by atoms with E-state index in [0.717, 1.165) is 0 Å². The van der Waals surface area contributed by atoms with Crippen molar-refractivity contribution in [2.75, 3.05) is 32.8 Å². The molecule has 23 heavy (non-hydrogen) atoms. The fourth-order valence-corrected chi connectivity index (χ4v) is 2.33. The lowest BCUT2D eigenvalue weighted by Crippen LogP contribution is -2.50. The van der Waals surface area contributed by atoms with E-state index in [4.69, 9.17) is 4.74 Å². The van der Waals surface area contributed by atoms with E-state index in [1.54, 1.807) is 16.7 Å². The quantitative estimate of drug-likeness (QED) is 0.715. The molecule has 0 N–H and O–H groups in total. The van der Waals surface area contributed by atoms with E-state index in [1.807, 2.05) is 0 Å². The molecule has 8 nitrogen and oxygen atoms in total. The average molecular weight is 320 g/mol. The van der Waals surface area contributed by atoms with E-state index >= 15 is 0 Å². The van der Waals surface area contributed by atoms with Crippen molar-refractivity contribution in [3.63, 3.8) is 0 Å². The summed E-state index contributed by atoms with van der Waals surface area (Å²) in [6.07, 6.45) is 4.64. The zero-order chi connectivity index (χ0) is 16.7. The van der Waals surface area contributed by atoms with Crippen LogP contribution in [-0.2, 0) is 14.3 Å². The number of nitrogens with zero attached hydrogens (tertiary/aromatic N) is 4. The molecule has 0 saturated carbocycles. The lowest BCUT2D eigenvalue weighted by molar-refractivity contribution is -0.146. The van der Waals surface area contributed by atoms with Gasteiger partial charge in [-0.25, -0.2) is 4.98 Å². The van der Waals surface area contributed by atoms with Crippen LogP contribution in [0.5, 0.6) is 0 Å². The Labute approximate surface area is 134 Å². The number of amides is 2. The smallest absolute Gasteiger partial charge is 0.306 e. The summed E-state index contributed by atoms with van der Waals surface area (Å²) in [4.78, 5) is 46.7. The molecule has 0 radical (unpaired) electrons. The normalized spacial score (nSPS) is 14.5. The SMILES string of the molecule is CCOC(=O)CCC(=O)N1CCN(C(=O)c2cnccn2)CC1. The fourth-order valence-electron chi connectivity index (χ4n) is 2.33. The standard InChI is InChI=1S/C15H20N4O4/c1-2-23-14(21)4-3-13(20)18-7-9-19(10-8-18)15(22)12-11-16-5-6-17-12/h5-6,11H,2-4,7-10H2,1H3. The Hall–Kier alpha value is -2.51. The van der Waals surface area contributed by atoms with Gasteiger partial charge < -0.3 is 14.5 Å². The monoisotopic (exact) mass is 320 g/mol. The van der Waals surface area contributed by atoms with Gasteiger partial charge in [0.05, 0.1) is 19.2 Å². The Morgan fingerprint density at radius 3 is 2.39 bits per heavy atom. The Balaban J connectivity index is 1.78. The van der Waals surface area contributed by atoms with Crippen LogP contribution >= 0.6 is 0 Å². The minimum Gasteiger partial charge on any atom is -0.466 e. The molecule has 124 valence electrons. The summed E-state index contributed by atoms with van der Waals surface area (Å²) in [7, 11) is 0. The third-order valence-corrected chi connectivity index (χ3v) is 3.55. The molecular weight excluding hydrogens is 300 g/mol. The van der Waals surface area contributed by atoms with Gasteiger partial charge in [0.15, 0.2) is 0 Å². The molecule has 0 bridgehead atoms. The van der Waals surface area contributed by atoms with Gasteiger partial charge in [0.2, 0.25) is 5.91 Å². The fraction of sp³-hybridized carbons (Fsp3) is 0.533. The summed E-state index contributed by atoms with van der Waals surface area (Å²) in [5.41, 5.74) is 0.301. The van der Waals surface area contributed by atoms with E-state index in [2.05, 4.69) is 9.97 Å². The van der Waals surface area contributed by atoms with Crippen LogP contribution in [0.3, 0.4) is 0 Å². The minimum atomic E-state index is -0.364. The zero-order valence-corrected chi connectivity index (χ0v) is 13.1. The molecule has 2 heterocycles. The van der Waals surface area contributed by atoms with Gasteiger partial charge in [0.25, 0.3) is 5.91 Å². The van der Waals surface area contributed by atoms with Crippen LogP contribution in [0.2, 0.25) is 0 Å². The number of rotatable bonds is 5. The molecule has 0 atom stereocenters. The number of carbonyl (C=O) groups is 3. The highest BCUT2D eigenvalue weighted by Gasteiger charge is 2.25. The lowest BCUT2D eigenvalue weighted by atomic mass is 10.2. The predicted octanol–water partition coefficient (Wildman–Crippen LogP) is 0.104. The van der Waals surface area contributed by atoms with Crippen LogP contribution in [0.1, 0.15) is 30.3 Å². The zero-order valence-electron chi connectivity index (χ0n) is 13.1. The van der Waals surface area contributed by atoms with Crippen molar-refractivity contribution in [1.82, 2.24) is 19.8 Å². The van der Waals surface area contributed by atoms with Crippen LogP contribution in [-0.4, -0.2) is 70.3 Å². The summed E-state index contributed by atoms with van der Waals surface area (Å²) in [6.45, 7) is 3.84. The Morgan fingerprint density at radius 2 is 1.78 bits per heavy atom. The van der Waals surface area contributed by atoms with Gasteiger partial charge in [-0.1, -0.05) is 0 Å². The topological polar surface area (TPSA) is 92.7 Å². The number of esters is 1. The first-order chi connectivity index (χ1) is 11.1. The maximum Gasteiger partial charge on any atom is 0.306 e. The number of aromatic nitrogens is 2.